The normalized spacial score (nSPS) is 20.9. The van der Waals surface area contributed by atoms with E-state index in [4.69, 9.17) is 0 Å². The number of aryl methyl sites for hydroxylation is 2. The van der Waals surface area contributed by atoms with E-state index in [1.807, 2.05) is 37.3 Å². The van der Waals surface area contributed by atoms with Crippen LogP contribution >= 0.6 is 0 Å². The fraction of sp³-hybridized carbons (Fsp3) is 0.474. The van der Waals surface area contributed by atoms with Crippen LogP contribution in [0, 0.1) is 6.92 Å². The van der Waals surface area contributed by atoms with Crippen LogP contribution in [0.25, 0.3) is 0 Å². The molecule has 0 saturated carbocycles. The van der Waals surface area contributed by atoms with Crippen LogP contribution in [0.4, 0.5) is 5.82 Å². The first-order chi connectivity index (χ1) is 12.8. The van der Waals surface area contributed by atoms with E-state index in [-0.39, 0.29) is 5.91 Å². The Kier molecular flexibility index (Phi) is 4.55. The molecule has 144 valence electrons. The quantitative estimate of drug-likeness (QED) is 0.856. The zero-order valence-electron chi connectivity index (χ0n) is 15.6. The van der Waals surface area contributed by atoms with Gasteiger partial charge in [0.05, 0.1) is 10.9 Å². The number of hydrogen-bond donors (Lipinski definition) is 1. The molecule has 1 atom stereocenters. The molecule has 1 aliphatic carbocycles. The van der Waals surface area contributed by atoms with E-state index in [2.05, 4.69) is 9.82 Å². The van der Waals surface area contributed by atoms with Crippen molar-refractivity contribution in [3.63, 3.8) is 0 Å². The number of piperidine rings is 1. The van der Waals surface area contributed by atoms with Gasteiger partial charge in [-0.2, -0.15) is 5.10 Å². The second kappa shape index (κ2) is 6.76. The number of nitrogens with zero attached hydrogens (tertiary/aromatic N) is 3. The first-order valence-electron chi connectivity index (χ1n) is 9.25. The zero-order chi connectivity index (χ0) is 19.2. The number of fused-ring (bicyclic) bond motifs is 1. The van der Waals surface area contributed by atoms with Gasteiger partial charge in [0.1, 0.15) is 11.9 Å². The lowest BCUT2D eigenvalue weighted by Crippen LogP contribution is -2.54. The maximum Gasteiger partial charge on any atom is 0.246 e. The highest BCUT2D eigenvalue weighted by Crippen LogP contribution is 2.27. The molecule has 1 aliphatic heterocycles. The molecule has 4 rings (SSSR count). The Bertz CT molecular complexity index is 958. The van der Waals surface area contributed by atoms with Gasteiger partial charge in [0, 0.05) is 19.7 Å². The highest BCUT2D eigenvalue weighted by atomic mass is 32.2. The van der Waals surface area contributed by atoms with Crippen molar-refractivity contribution in [1.29, 1.82) is 0 Å². The van der Waals surface area contributed by atoms with Gasteiger partial charge in [-0.15, -0.1) is 0 Å². The first-order valence-corrected chi connectivity index (χ1v) is 10.8. The molecule has 1 aromatic carbocycles. The van der Waals surface area contributed by atoms with Crippen LogP contribution in [0.2, 0.25) is 0 Å². The molecule has 7 nitrogen and oxygen atoms in total. The summed E-state index contributed by atoms with van der Waals surface area (Å²) >= 11 is 0. The summed E-state index contributed by atoms with van der Waals surface area (Å²) in [4.78, 5) is 14.6. The fourth-order valence-electron chi connectivity index (χ4n) is 4.09. The molecular weight excluding hydrogens is 364 g/mol. The van der Waals surface area contributed by atoms with Crippen LogP contribution in [0.5, 0.6) is 0 Å². The first kappa shape index (κ1) is 18.2. The number of hydrogen-bond acceptors (Lipinski definition) is 4. The number of sulfonamides is 1. The topological polar surface area (TPSA) is 84.3 Å². The SMILES string of the molecule is Cc1cc(N2CCCC(NS(=O)(=O)C3Cc4ccccc4C3)C2=O)n(C)n1. The van der Waals surface area contributed by atoms with Crippen LogP contribution in [-0.2, 0) is 34.7 Å². The van der Waals surface area contributed by atoms with Crippen molar-refractivity contribution in [3.8, 4) is 0 Å². The highest BCUT2D eigenvalue weighted by Gasteiger charge is 2.38. The lowest BCUT2D eigenvalue weighted by atomic mass is 10.1. The van der Waals surface area contributed by atoms with Gasteiger partial charge in [0.2, 0.25) is 15.9 Å². The molecule has 1 unspecified atom stereocenters. The second-order valence-corrected chi connectivity index (χ2v) is 9.41. The average molecular weight is 388 g/mol. The number of aromatic nitrogens is 2. The van der Waals surface area contributed by atoms with Crippen molar-refractivity contribution < 1.29 is 13.2 Å². The minimum absolute atomic E-state index is 0.205. The Labute approximate surface area is 159 Å². The number of anilines is 1. The summed E-state index contributed by atoms with van der Waals surface area (Å²) in [6, 6.07) is 8.94. The minimum Gasteiger partial charge on any atom is -0.296 e. The third-order valence-corrected chi connectivity index (χ3v) is 7.28. The van der Waals surface area contributed by atoms with E-state index < -0.39 is 21.3 Å². The largest absolute Gasteiger partial charge is 0.296 e. The third kappa shape index (κ3) is 3.39. The summed E-state index contributed by atoms with van der Waals surface area (Å²) in [6.45, 7) is 2.45. The Morgan fingerprint density at radius 2 is 1.85 bits per heavy atom. The van der Waals surface area contributed by atoms with Gasteiger partial charge in [-0.25, -0.2) is 13.1 Å². The molecule has 1 saturated heterocycles. The molecule has 1 N–H and O–H groups in total. The van der Waals surface area contributed by atoms with Gasteiger partial charge in [-0.1, -0.05) is 24.3 Å². The van der Waals surface area contributed by atoms with Gasteiger partial charge in [0.25, 0.3) is 0 Å². The van der Waals surface area contributed by atoms with Crippen molar-refractivity contribution in [2.75, 3.05) is 11.4 Å². The summed E-state index contributed by atoms with van der Waals surface area (Å²) in [6.07, 6.45) is 2.26. The number of rotatable bonds is 4. The number of carbonyl (C=O) groups excluding carboxylic acids is 1. The zero-order valence-corrected chi connectivity index (χ0v) is 16.4. The van der Waals surface area contributed by atoms with Crippen LogP contribution in [0.15, 0.2) is 30.3 Å². The Morgan fingerprint density at radius 3 is 2.44 bits per heavy atom. The van der Waals surface area contributed by atoms with Crippen LogP contribution < -0.4 is 9.62 Å². The van der Waals surface area contributed by atoms with Gasteiger partial charge in [-0.3, -0.25) is 14.4 Å². The Hall–Kier alpha value is -2.19. The lowest BCUT2D eigenvalue weighted by Gasteiger charge is -2.32. The predicted molar refractivity (Wildman–Crippen MR) is 103 cm³/mol. The molecule has 2 aliphatic rings. The lowest BCUT2D eigenvalue weighted by molar-refractivity contribution is -0.121. The van der Waals surface area contributed by atoms with Gasteiger partial charge < -0.3 is 0 Å². The van der Waals surface area contributed by atoms with Crippen molar-refractivity contribution >= 4 is 21.7 Å². The molecule has 0 spiro atoms. The summed E-state index contributed by atoms with van der Waals surface area (Å²) < 4.78 is 30.2. The third-order valence-electron chi connectivity index (χ3n) is 5.45. The van der Waals surface area contributed by atoms with Gasteiger partial charge in [-0.05, 0) is 43.7 Å². The summed E-state index contributed by atoms with van der Waals surface area (Å²) in [5.74, 6) is 0.498. The van der Waals surface area contributed by atoms with E-state index in [0.29, 0.717) is 31.6 Å². The van der Waals surface area contributed by atoms with Crippen molar-refractivity contribution in [2.45, 2.75) is 43.9 Å². The number of amides is 1. The molecule has 0 radical (unpaired) electrons. The maximum atomic E-state index is 13.0. The molecule has 0 bridgehead atoms. The van der Waals surface area contributed by atoms with Crippen LogP contribution in [0.3, 0.4) is 0 Å². The van der Waals surface area contributed by atoms with Crippen molar-refractivity contribution in [2.24, 2.45) is 7.05 Å². The standard InChI is InChI=1S/C19H24N4O3S/c1-13-10-18(22(2)20-13)23-9-5-8-17(19(23)24)21-27(25,26)16-11-14-6-3-4-7-15(14)12-16/h3-4,6-7,10,16-17,21H,5,8-9,11-12H2,1-2H3. The Morgan fingerprint density at radius 1 is 1.19 bits per heavy atom. The fourth-order valence-corrected chi connectivity index (χ4v) is 5.70. The highest BCUT2D eigenvalue weighted by molar-refractivity contribution is 7.90. The predicted octanol–water partition coefficient (Wildman–Crippen LogP) is 1.31. The molecule has 1 amide bonds. The molecular formula is C19H24N4O3S. The molecule has 27 heavy (non-hydrogen) atoms. The average Bonchev–Trinajstić information content (AvgIpc) is 3.20. The van der Waals surface area contributed by atoms with Gasteiger partial charge in [0.15, 0.2) is 0 Å². The number of benzene rings is 1. The molecule has 2 heterocycles. The molecule has 1 fully saturated rings. The van der Waals surface area contributed by atoms with E-state index in [1.165, 1.54) is 0 Å². The van der Waals surface area contributed by atoms with E-state index in [9.17, 15) is 13.2 Å². The maximum absolute atomic E-state index is 13.0. The molecule has 8 heteroatoms. The summed E-state index contributed by atoms with van der Waals surface area (Å²) in [5, 5.41) is 3.77. The van der Waals surface area contributed by atoms with E-state index >= 15 is 0 Å². The number of carbonyl (C=O) groups is 1. The molecule has 2 aromatic rings. The smallest absolute Gasteiger partial charge is 0.246 e. The molecule has 1 aromatic heterocycles. The van der Waals surface area contributed by atoms with Crippen LogP contribution in [0.1, 0.15) is 29.7 Å². The van der Waals surface area contributed by atoms with E-state index in [1.54, 1.807) is 16.6 Å². The minimum atomic E-state index is -3.59. The van der Waals surface area contributed by atoms with Crippen LogP contribution in [-0.4, -0.2) is 41.9 Å². The second-order valence-electron chi connectivity index (χ2n) is 7.41. The van der Waals surface area contributed by atoms with Gasteiger partial charge >= 0.3 is 0 Å². The summed E-state index contributed by atoms with van der Waals surface area (Å²) in [5.41, 5.74) is 2.98. The Balaban J connectivity index is 1.50. The van der Waals surface area contributed by atoms with Crippen molar-refractivity contribution in [1.82, 2.24) is 14.5 Å². The monoisotopic (exact) mass is 388 g/mol. The van der Waals surface area contributed by atoms with Crippen molar-refractivity contribution in [3.05, 3.63) is 47.2 Å². The van der Waals surface area contributed by atoms with E-state index in [0.717, 1.165) is 23.2 Å². The number of nitrogens with one attached hydrogen (secondary N) is 1. The summed E-state index contributed by atoms with van der Waals surface area (Å²) in [7, 11) is -1.80.